The summed E-state index contributed by atoms with van der Waals surface area (Å²) < 4.78 is 11.0. The molecule has 0 spiro atoms. The maximum absolute atomic E-state index is 14.2. The number of nitrogens with one attached hydrogen (secondary N) is 2. The second-order valence-electron chi connectivity index (χ2n) is 12.9. The number of alkyl carbamates (subject to hydrolysis) is 1. The molecular formula is C33H45N3O6. The Hall–Kier alpha value is -3.88. The molecule has 9 nitrogen and oxygen atoms in total. The normalized spacial score (nSPS) is 14.8. The average Bonchev–Trinajstić information content (AvgIpc) is 3.71. The first-order valence-electron chi connectivity index (χ1n) is 14.5. The fourth-order valence-corrected chi connectivity index (χ4v) is 4.50. The van der Waals surface area contributed by atoms with Crippen molar-refractivity contribution in [1.82, 2.24) is 15.5 Å². The number of rotatable bonds is 10. The van der Waals surface area contributed by atoms with Gasteiger partial charge in [0.15, 0.2) is 0 Å². The van der Waals surface area contributed by atoms with Crippen LogP contribution in [0.4, 0.5) is 4.79 Å². The van der Waals surface area contributed by atoms with Crippen molar-refractivity contribution in [2.75, 3.05) is 6.54 Å². The maximum Gasteiger partial charge on any atom is 0.408 e. The number of nitrogens with zero attached hydrogens (tertiary/aromatic N) is 1. The molecule has 2 unspecified atom stereocenters. The molecule has 0 aliphatic heterocycles. The molecule has 1 fully saturated rings. The number of aryl methyl sites for hydroxylation is 2. The van der Waals surface area contributed by atoms with Gasteiger partial charge in [-0.05, 0) is 90.5 Å². The van der Waals surface area contributed by atoms with Crippen LogP contribution in [0, 0.1) is 13.8 Å². The van der Waals surface area contributed by atoms with Crippen molar-refractivity contribution in [1.29, 1.82) is 0 Å². The van der Waals surface area contributed by atoms with Gasteiger partial charge in [-0.1, -0.05) is 48.5 Å². The van der Waals surface area contributed by atoms with Crippen LogP contribution in [0.2, 0.25) is 0 Å². The summed E-state index contributed by atoms with van der Waals surface area (Å²) >= 11 is 0. The summed E-state index contributed by atoms with van der Waals surface area (Å²) in [6.07, 6.45) is 0.962. The molecule has 0 radical (unpaired) electrons. The van der Waals surface area contributed by atoms with Gasteiger partial charge in [0.1, 0.15) is 29.8 Å². The van der Waals surface area contributed by atoms with Gasteiger partial charge in [-0.2, -0.15) is 0 Å². The molecule has 0 heterocycles. The van der Waals surface area contributed by atoms with Crippen molar-refractivity contribution < 1.29 is 28.7 Å². The number of esters is 1. The Morgan fingerprint density at radius 3 is 2.05 bits per heavy atom. The van der Waals surface area contributed by atoms with Crippen molar-refractivity contribution in [3.05, 3.63) is 70.8 Å². The van der Waals surface area contributed by atoms with Gasteiger partial charge in [0.05, 0.1) is 0 Å². The van der Waals surface area contributed by atoms with Crippen molar-refractivity contribution in [3.8, 4) is 0 Å². The highest BCUT2D eigenvalue weighted by Crippen LogP contribution is 2.35. The summed E-state index contributed by atoms with van der Waals surface area (Å²) in [5.41, 5.74) is 2.01. The van der Waals surface area contributed by atoms with Crippen LogP contribution in [0.5, 0.6) is 0 Å². The van der Waals surface area contributed by atoms with E-state index < -0.39 is 47.2 Å². The Labute approximate surface area is 249 Å². The first-order chi connectivity index (χ1) is 19.5. The molecule has 42 heavy (non-hydrogen) atoms. The molecule has 0 bridgehead atoms. The second-order valence-corrected chi connectivity index (χ2v) is 12.9. The molecule has 2 aromatic carbocycles. The standard InChI is InChI=1S/C33H45N3O6/c1-21-14-15-24(18-22(21)2)28(36(25-16-17-25)27(37)20-34-31(40)42-33(6,7)8)29(38)35-26(30(39)41-32(3,4)5)19-23-12-10-9-11-13-23/h9-15,18,25-26,28H,16-17,19-20H2,1-8H3,(H,34,40)(H,35,38). The van der Waals surface area contributed by atoms with Gasteiger partial charge in [-0.15, -0.1) is 0 Å². The number of carbonyl (C=O) groups is 4. The zero-order valence-electron chi connectivity index (χ0n) is 26.1. The SMILES string of the molecule is Cc1ccc(C(C(=O)NC(Cc2ccccc2)C(=O)OC(C)(C)C)N(C(=O)CNC(=O)OC(C)(C)C)C2CC2)cc1C. The molecule has 3 rings (SSSR count). The summed E-state index contributed by atoms with van der Waals surface area (Å²) in [7, 11) is 0. The molecule has 3 amide bonds. The van der Waals surface area contributed by atoms with Crippen molar-refractivity contribution in [2.24, 2.45) is 0 Å². The van der Waals surface area contributed by atoms with E-state index in [1.807, 2.05) is 62.4 Å². The predicted molar refractivity (Wildman–Crippen MR) is 161 cm³/mol. The van der Waals surface area contributed by atoms with E-state index in [-0.39, 0.29) is 19.0 Å². The Morgan fingerprint density at radius 1 is 0.881 bits per heavy atom. The van der Waals surface area contributed by atoms with Crippen LogP contribution >= 0.6 is 0 Å². The topological polar surface area (TPSA) is 114 Å². The molecular weight excluding hydrogens is 534 g/mol. The molecule has 2 atom stereocenters. The lowest BCUT2D eigenvalue weighted by Crippen LogP contribution is -2.52. The number of carbonyl (C=O) groups excluding carboxylic acids is 4. The quantitative estimate of drug-likeness (QED) is 0.386. The van der Waals surface area contributed by atoms with Crippen LogP contribution in [-0.4, -0.2) is 58.6 Å². The third-order valence-corrected chi connectivity index (χ3v) is 6.67. The third kappa shape index (κ3) is 9.89. The summed E-state index contributed by atoms with van der Waals surface area (Å²) in [6, 6.07) is 12.8. The fourth-order valence-electron chi connectivity index (χ4n) is 4.50. The molecule has 1 aliphatic carbocycles. The van der Waals surface area contributed by atoms with Crippen LogP contribution in [-0.2, 0) is 30.3 Å². The average molecular weight is 580 g/mol. The molecule has 228 valence electrons. The highest BCUT2D eigenvalue weighted by atomic mass is 16.6. The molecule has 2 N–H and O–H groups in total. The van der Waals surface area contributed by atoms with E-state index in [1.54, 1.807) is 41.5 Å². The van der Waals surface area contributed by atoms with Crippen LogP contribution in [0.1, 0.15) is 82.7 Å². The van der Waals surface area contributed by atoms with Gasteiger partial charge in [0.25, 0.3) is 0 Å². The zero-order chi connectivity index (χ0) is 31.2. The van der Waals surface area contributed by atoms with Gasteiger partial charge in [0.2, 0.25) is 11.8 Å². The highest BCUT2D eigenvalue weighted by Gasteiger charge is 2.42. The lowest BCUT2D eigenvalue weighted by molar-refractivity contribution is -0.159. The molecule has 1 saturated carbocycles. The Morgan fingerprint density at radius 2 is 1.50 bits per heavy atom. The number of benzene rings is 2. The van der Waals surface area contributed by atoms with E-state index in [2.05, 4.69) is 10.6 Å². The Balaban J connectivity index is 1.95. The van der Waals surface area contributed by atoms with E-state index in [0.29, 0.717) is 5.56 Å². The zero-order valence-corrected chi connectivity index (χ0v) is 26.1. The molecule has 1 aliphatic rings. The molecule has 0 aromatic heterocycles. The van der Waals surface area contributed by atoms with Crippen molar-refractivity contribution in [2.45, 2.75) is 104 Å². The summed E-state index contributed by atoms with van der Waals surface area (Å²) in [6.45, 7) is 14.1. The second kappa shape index (κ2) is 13.4. The maximum atomic E-state index is 14.2. The monoisotopic (exact) mass is 579 g/mol. The van der Waals surface area contributed by atoms with Gasteiger partial charge in [-0.3, -0.25) is 9.59 Å². The van der Waals surface area contributed by atoms with Crippen LogP contribution in [0.25, 0.3) is 0 Å². The predicted octanol–water partition coefficient (Wildman–Crippen LogP) is 4.93. The molecule has 2 aromatic rings. The minimum atomic E-state index is -1.02. The number of amides is 3. The first-order valence-corrected chi connectivity index (χ1v) is 14.5. The van der Waals surface area contributed by atoms with E-state index in [1.165, 1.54) is 4.90 Å². The van der Waals surface area contributed by atoms with Gasteiger partial charge < -0.3 is 25.0 Å². The van der Waals surface area contributed by atoms with E-state index >= 15 is 0 Å². The fraction of sp³-hybridized carbons (Fsp3) is 0.515. The van der Waals surface area contributed by atoms with Gasteiger partial charge >= 0.3 is 12.1 Å². The Bertz CT molecular complexity index is 1270. The largest absolute Gasteiger partial charge is 0.458 e. The van der Waals surface area contributed by atoms with Crippen LogP contribution < -0.4 is 10.6 Å². The number of hydrogen-bond acceptors (Lipinski definition) is 6. The summed E-state index contributed by atoms with van der Waals surface area (Å²) in [5, 5.41) is 5.44. The van der Waals surface area contributed by atoms with Gasteiger partial charge in [-0.25, -0.2) is 9.59 Å². The lowest BCUT2D eigenvalue weighted by Gasteiger charge is -2.33. The lowest BCUT2D eigenvalue weighted by atomic mass is 9.98. The molecule has 9 heteroatoms. The van der Waals surface area contributed by atoms with Crippen LogP contribution in [0.3, 0.4) is 0 Å². The van der Waals surface area contributed by atoms with Crippen molar-refractivity contribution in [3.63, 3.8) is 0 Å². The minimum absolute atomic E-state index is 0.176. The highest BCUT2D eigenvalue weighted by molar-refractivity contribution is 5.93. The van der Waals surface area contributed by atoms with Gasteiger partial charge in [0, 0.05) is 12.5 Å². The van der Waals surface area contributed by atoms with Crippen LogP contribution in [0.15, 0.2) is 48.5 Å². The molecule has 0 saturated heterocycles. The third-order valence-electron chi connectivity index (χ3n) is 6.67. The van der Waals surface area contributed by atoms with Crippen molar-refractivity contribution >= 4 is 23.9 Å². The van der Waals surface area contributed by atoms with E-state index in [0.717, 1.165) is 29.5 Å². The number of ether oxygens (including phenoxy) is 2. The smallest absolute Gasteiger partial charge is 0.408 e. The Kier molecular flexibility index (Phi) is 10.4. The minimum Gasteiger partial charge on any atom is -0.458 e. The summed E-state index contributed by atoms with van der Waals surface area (Å²) in [5.74, 6) is -1.48. The van der Waals surface area contributed by atoms with E-state index in [4.69, 9.17) is 9.47 Å². The summed E-state index contributed by atoms with van der Waals surface area (Å²) in [4.78, 5) is 55.0. The first kappa shape index (κ1) is 32.6. The number of hydrogen-bond donors (Lipinski definition) is 2. The van der Waals surface area contributed by atoms with E-state index in [9.17, 15) is 19.2 Å².